The number of hydrogen-bond acceptors (Lipinski definition) is 2. The lowest BCUT2D eigenvalue weighted by atomic mass is 9.80. The summed E-state index contributed by atoms with van der Waals surface area (Å²) in [5.41, 5.74) is 1.39. The second-order valence-corrected chi connectivity index (χ2v) is 6.39. The van der Waals surface area contributed by atoms with Gasteiger partial charge in [-0.2, -0.15) is 0 Å². The van der Waals surface area contributed by atoms with Gasteiger partial charge in [-0.25, -0.2) is 0 Å². The van der Waals surface area contributed by atoms with E-state index in [0.717, 1.165) is 30.7 Å². The Morgan fingerprint density at radius 1 is 1.20 bits per heavy atom. The number of nitrogens with one attached hydrogen (secondary N) is 1. The molecule has 2 aliphatic rings. The van der Waals surface area contributed by atoms with Crippen molar-refractivity contribution in [1.29, 1.82) is 0 Å². The van der Waals surface area contributed by atoms with Crippen LogP contribution in [0.15, 0.2) is 24.3 Å². The maximum Gasteiger partial charge on any atom is 0.123 e. The third kappa shape index (κ3) is 3.17. The van der Waals surface area contributed by atoms with Crippen molar-refractivity contribution in [3.05, 3.63) is 29.8 Å². The first-order valence-electron chi connectivity index (χ1n) is 8.34. The van der Waals surface area contributed by atoms with Crippen molar-refractivity contribution in [2.24, 2.45) is 5.92 Å². The lowest BCUT2D eigenvalue weighted by molar-refractivity contribution is 0.152. The summed E-state index contributed by atoms with van der Waals surface area (Å²) in [5.74, 6) is 1.92. The molecule has 2 nitrogen and oxygen atoms in total. The molecule has 3 rings (SSSR count). The average Bonchev–Trinajstić information content (AvgIpc) is 2.88. The number of rotatable bonds is 5. The summed E-state index contributed by atoms with van der Waals surface area (Å²) in [6.45, 7) is 3.41. The number of benzene rings is 1. The fourth-order valence-corrected chi connectivity index (χ4v) is 3.81. The molecular weight excluding hydrogens is 246 g/mol. The lowest BCUT2D eigenvalue weighted by Gasteiger charge is -2.33. The zero-order chi connectivity index (χ0) is 13.8. The summed E-state index contributed by atoms with van der Waals surface area (Å²) in [6.07, 6.45) is 9.47. The minimum Gasteiger partial charge on any atom is -0.490 e. The molecule has 0 amide bonds. The average molecular weight is 273 g/mol. The van der Waals surface area contributed by atoms with E-state index in [9.17, 15) is 0 Å². The van der Waals surface area contributed by atoms with Gasteiger partial charge in [0.2, 0.25) is 0 Å². The van der Waals surface area contributed by atoms with Crippen LogP contribution in [0.4, 0.5) is 0 Å². The van der Waals surface area contributed by atoms with Gasteiger partial charge in [0.05, 0.1) is 0 Å². The van der Waals surface area contributed by atoms with E-state index in [1.165, 1.54) is 44.1 Å². The van der Waals surface area contributed by atoms with E-state index in [0.29, 0.717) is 6.10 Å². The number of para-hydroxylation sites is 1. The van der Waals surface area contributed by atoms with Crippen molar-refractivity contribution in [3.8, 4) is 5.75 Å². The van der Waals surface area contributed by atoms with E-state index in [4.69, 9.17) is 4.74 Å². The molecular formula is C18H27NO. The first kappa shape index (κ1) is 13.9. The normalized spacial score (nSPS) is 28.9. The molecule has 1 saturated carbocycles. The standard InChI is InChI=1S/C18H27NO/c1-2-11-19-17-9-5-3-7-14(17)12-16-13-15-8-4-6-10-18(15)20-16/h4,6,8,10,14,16-17,19H,2-3,5,7,9,11-13H2,1H3. The molecule has 0 saturated heterocycles. The van der Waals surface area contributed by atoms with Crippen LogP contribution >= 0.6 is 0 Å². The summed E-state index contributed by atoms with van der Waals surface area (Å²) >= 11 is 0. The lowest BCUT2D eigenvalue weighted by Crippen LogP contribution is -2.40. The molecule has 3 unspecified atom stereocenters. The molecule has 1 heterocycles. The minimum absolute atomic E-state index is 0.404. The van der Waals surface area contributed by atoms with Crippen LogP contribution in [0.5, 0.6) is 5.75 Å². The van der Waals surface area contributed by atoms with Gasteiger partial charge >= 0.3 is 0 Å². The first-order chi connectivity index (χ1) is 9.86. The van der Waals surface area contributed by atoms with E-state index in [1.807, 2.05) is 0 Å². The Balaban J connectivity index is 1.57. The van der Waals surface area contributed by atoms with Crippen molar-refractivity contribution in [2.45, 2.75) is 64.0 Å². The molecule has 0 aromatic heterocycles. The molecule has 20 heavy (non-hydrogen) atoms. The molecule has 1 aromatic rings. The van der Waals surface area contributed by atoms with Crippen LogP contribution in [-0.4, -0.2) is 18.7 Å². The fourth-order valence-electron chi connectivity index (χ4n) is 3.81. The molecule has 2 heteroatoms. The predicted molar refractivity (Wildman–Crippen MR) is 83.2 cm³/mol. The predicted octanol–water partition coefficient (Wildman–Crippen LogP) is 3.94. The summed E-state index contributed by atoms with van der Waals surface area (Å²) < 4.78 is 6.13. The summed E-state index contributed by atoms with van der Waals surface area (Å²) in [7, 11) is 0. The number of hydrogen-bond donors (Lipinski definition) is 1. The molecule has 1 aliphatic carbocycles. The Hall–Kier alpha value is -1.02. The summed E-state index contributed by atoms with van der Waals surface area (Å²) in [4.78, 5) is 0. The van der Waals surface area contributed by atoms with E-state index < -0.39 is 0 Å². The molecule has 1 N–H and O–H groups in total. The zero-order valence-electron chi connectivity index (χ0n) is 12.6. The highest BCUT2D eigenvalue weighted by Crippen LogP contribution is 2.35. The van der Waals surface area contributed by atoms with Gasteiger partial charge in [0, 0.05) is 12.5 Å². The Morgan fingerprint density at radius 3 is 2.90 bits per heavy atom. The van der Waals surface area contributed by atoms with Gasteiger partial charge in [0.25, 0.3) is 0 Å². The molecule has 110 valence electrons. The van der Waals surface area contributed by atoms with E-state index in [-0.39, 0.29) is 0 Å². The van der Waals surface area contributed by atoms with Gasteiger partial charge in [0.1, 0.15) is 11.9 Å². The maximum absolute atomic E-state index is 6.13. The molecule has 0 radical (unpaired) electrons. The van der Waals surface area contributed by atoms with Crippen molar-refractivity contribution in [2.75, 3.05) is 6.54 Å². The van der Waals surface area contributed by atoms with Gasteiger partial charge in [-0.3, -0.25) is 0 Å². The molecule has 1 fully saturated rings. The monoisotopic (exact) mass is 273 g/mol. The SMILES string of the molecule is CCCNC1CCCCC1CC1Cc2ccccc2O1. The van der Waals surface area contributed by atoms with Crippen LogP contribution in [0.3, 0.4) is 0 Å². The largest absolute Gasteiger partial charge is 0.490 e. The third-order valence-corrected chi connectivity index (χ3v) is 4.85. The second-order valence-electron chi connectivity index (χ2n) is 6.39. The summed E-state index contributed by atoms with van der Waals surface area (Å²) in [5, 5.41) is 3.76. The fraction of sp³-hybridized carbons (Fsp3) is 0.667. The molecule has 3 atom stereocenters. The second kappa shape index (κ2) is 6.62. The highest BCUT2D eigenvalue weighted by Gasteiger charge is 2.30. The van der Waals surface area contributed by atoms with Crippen molar-refractivity contribution in [3.63, 3.8) is 0 Å². The van der Waals surface area contributed by atoms with Gasteiger partial charge in [-0.15, -0.1) is 0 Å². The Kier molecular flexibility index (Phi) is 4.62. The summed E-state index contributed by atoms with van der Waals surface area (Å²) in [6, 6.07) is 9.24. The van der Waals surface area contributed by atoms with Crippen LogP contribution < -0.4 is 10.1 Å². The quantitative estimate of drug-likeness (QED) is 0.877. The molecule has 0 bridgehead atoms. The number of fused-ring (bicyclic) bond motifs is 1. The smallest absolute Gasteiger partial charge is 0.123 e. The number of ether oxygens (including phenoxy) is 1. The topological polar surface area (TPSA) is 21.3 Å². The van der Waals surface area contributed by atoms with Crippen molar-refractivity contribution >= 4 is 0 Å². The van der Waals surface area contributed by atoms with Gasteiger partial charge < -0.3 is 10.1 Å². The van der Waals surface area contributed by atoms with Crippen LogP contribution in [0.1, 0.15) is 51.0 Å². The minimum atomic E-state index is 0.404. The third-order valence-electron chi connectivity index (χ3n) is 4.85. The van der Waals surface area contributed by atoms with Gasteiger partial charge in [-0.1, -0.05) is 38.0 Å². The maximum atomic E-state index is 6.13. The van der Waals surface area contributed by atoms with E-state index in [2.05, 4.69) is 36.5 Å². The Bertz CT molecular complexity index is 406. The van der Waals surface area contributed by atoms with Gasteiger partial charge in [0.15, 0.2) is 0 Å². The first-order valence-corrected chi connectivity index (χ1v) is 8.34. The van der Waals surface area contributed by atoms with Crippen LogP contribution in [0, 0.1) is 5.92 Å². The van der Waals surface area contributed by atoms with E-state index in [1.54, 1.807) is 0 Å². The molecule has 0 spiro atoms. The molecule has 1 aromatic carbocycles. The van der Waals surface area contributed by atoms with Crippen LogP contribution in [0.25, 0.3) is 0 Å². The van der Waals surface area contributed by atoms with Crippen LogP contribution in [-0.2, 0) is 6.42 Å². The van der Waals surface area contributed by atoms with Gasteiger partial charge in [-0.05, 0) is 49.8 Å². The Morgan fingerprint density at radius 2 is 2.05 bits per heavy atom. The molecule has 1 aliphatic heterocycles. The highest BCUT2D eigenvalue weighted by molar-refractivity contribution is 5.37. The van der Waals surface area contributed by atoms with E-state index >= 15 is 0 Å². The Labute approximate surface area is 122 Å². The van der Waals surface area contributed by atoms with Crippen molar-refractivity contribution < 1.29 is 4.74 Å². The zero-order valence-corrected chi connectivity index (χ0v) is 12.6. The highest BCUT2D eigenvalue weighted by atomic mass is 16.5. The van der Waals surface area contributed by atoms with Crippen LogP contribution in [0.2, 0.25) is 0 Å². The van der Waals surface area contributed by atoms with Crippen molar-refractivity contribution in [1.82, 2.24) is 5.32 Å².